The van der Waals surface area contributed by atoms with Gasteiger partial charge in [0.1, 0.15) is 6.33 Å². The number of ether oxygens (including phenoxy) is 1. The molecule has 5 nitrogen and oxygen atoms in total. The van der Waals surface area contributed by atoms with Crippen LogP contribution in [0.5, 0.6) is 0 Å². The number of hydrogen-bond acceptors (Lipinski definition) is 4. The molecule has 0 fully saturated rings. The lowest BCUT2D eigenvalue weighted by Crippen LogP contribution is -2.04. The van der Waals surface area contributed by atoms with Crippen molar-refractivity contribution in [3.8, 4) is 0 Å². The molecule has 0 aliphatic rings. The molecule has 0 aliphatic heterocycles. The summed E-state index contributed by atoms with van der Waals surface area (Å²) in [6, 6.07) is 10.1. The van der Waals surface area contributed by atoms with Crippen molar-refractivity contribution in [2.24, 2.45) is 0 Å². The van der Waals surface area contributed by atoms with Gasteiger partial charge in [-0.05, 0) is 12.0 Å². The smallest absolute Gasteiger partial charge is 0.239 e. The minimum atomic E-state index is 0.315. The van der Waals surface area contributed by atoms with E-state index in [2.05, 4.69) is 22.2 Å². The molecule has 2 N–H and O–H groups in total. The molecule has 0 radical (unpaired) electrons. The minimum absolute atomic E-state index is 0.315. The summed E-state index contributed by atoms with van der Waals surface area (Å²) in [5, 5.41) is 3.99. The molecule has 90 valence electrons. The zero-order valence-corrected chi connectivity index (χ0v) is 9.62. The van der Waals surface area contributed by atoms with Gasteiger partial charge in [0, 0.05) is 13.2 Å². The average Bonchev–Trinajstić information content (AvgIpc) is 2.76. The SMILES string of the molecule is Nc1ncn(CCCOCc2ccccc2)n1. The lowest BCUT2D eigenvalue weighted by molar-refractivity contribution is 0.115. The highest BCUT2D eigenvalue weighted by molar-refractivity contribution is 5.13. The standard InChI is InChI=1S/C12H16N4O/c13-12-14-10-16(15-12)7-4-8-17-9-11-5-2-1-3-6-11/h1-3,5-6,10H,4,7-9H2,(H2,13,15). The van der Waals surface area contributed by atoms with Gasteiger partial charge < -0.3 is 10.5 Å². The van der Waals surface area contributed by atoms with E-state index in [1.165, 1.54) is 5.56 Å². The van der Waals surface area contributed by atoms with Crippen LogP contribution >= 0.6 is 0 Å². The molecular formula is C12H16N4O. The first-order valence-electron chi connectivity index (χ1n) is 5.61. The lowest BCUT2D eigenvalue weighted by Gasteiger charge is -2.04. The number of rotatable bonds is 6. The van der Waals surface area contributed by atoms with E-state index in [9.17, 15) is 0 Å². The van der Waals surface area contributed by atoms with Crippen molar-refractivity contribution < 1.29 is 4.74 Å². The summed E-state index contributed by atoms with van der Waals surface area (Å²) >= 11 is 0. The number of aromatic nitrogens is 3. The van der Waals surface area contributed by atoms with E-state index in [1.54, 1.807) is 11.0 Å². The Morgan fingerprint density at radius 3 is 2.76 bits per heavy atom. The Hall–Kier alpha value is -1.88. The fraction of sp³-hybridized carbons (Fsp3) is 0.333. The lowest BCUT2D eigenvalue weighted by atomic mass is 10.2. The minimum Gasteiger partial charge on any atom is -0.377 e. The van der Waals surface area contributed by atoms with E-state index in [1.807, 2.05) is 18.2 Å². The molecular weight excluding hydrogens is 216 g/mol. The van der Waals surface area contributed by atoms with Crippen LogP contribution in [0.4, 0.5) is 5.95 Å². The second kappa shape index (κ2) is 6.00. The van der Waals surface area contributed by atoms with Gasteiger partial charge in [0.05, 0.1) is 6.61 Å². The number of nitrogen functional groups attached to an aromatic ring is 1. The van der Waals surface area contributed by atoms with Crippen LogP contribution in [-0.4, -0.2) is 21.4 Å². The van der Waals surface area contributed by atoms with Crippen LogP contribution in [0.1, 0.15) is 12.0 Å². The average molecular weight is 232 g/mol. The van der Waals surface area contributed by atoms with E-state index in [0.717, 1.165) is 13.0 Å². The molecule has 0 unspecified atom stereocenters. The number of anilines is 1. The van der Waals surface area contributed by atoms with Gasteiger partial charge in [-0.1, -0.05) is 30.3 Å². The number of nitrogens with zero attached hydrogens (tertiary/aromatic N) is 3. The Bertz CT molecular complexity index is 441. The fourth-order valence-corrected chi connectivity index (χ4v) is 1.51. The fourth-order valence-electron chi connectivity index (χ4n) is 1.51. The highest BCUT2D eigenvalue weighted by Crippen LogP contribution is 2.01. The van der Waals surface area contributed by atoms with E-state index in [4.69, 9.17) is 10.5 Å². The first-order chi connectivity index (χ1) is 8.34. The van der Waals surface area contributed by atoms with Crippen LogP contribution in [0.15, 0.2) is 36.7 Å². The van der Waals surface area contributed by atoms with Gasteiger partial charge in [0.25, 0.3) is 0 Å². The van der Waals surface area contributed by atoms with Crippen molar-refractivity contribution in [3.63, 3.8) is 0 Å². The summed E-state index contributed by atoms with van der Waals surface area (Å²) in [5.74, 6) is 0.315. The topological polar surface area (TPSA) is 66.0 Å². The summed E-state index contributed by atoms with van der Waals surface area (Å²) in [5.41, 5.74) is 6.60. The van der Waals surface area contributed by atoms with E-state index in [-0.39, 0.29) is 0 Å². The molecule has 2 aromatic rings. The van der Waals surface area contributed by atoms with E-state index < -0.39 is 0 Å². The number of benzene rings is 1. The maximum atomic E-state index is 5.56. The molecule has 0 spiro atoms. The second-order valence-corrected chi connectivity index (χ2v) is 3.76. The van der Waals surface area contributed by atoms with Gasteiger partial charge in [-0.3, -0.25) is 4.68 Å². The maximum absolute atomic E-state index is 5.56. The summed E-state index contributed by atoms with van der Waals surface area (Å²) in [6.07, 6.45) is 2.53. The van der Waals surface area contributed by atoms with Gasteiger partial charge in [-0.15, -0.1) is 5.10 Å². The molecule has 5 heteroatoms. The van der Waals surface area contributed by atoms with Crippen molar-refractivity contribution >= 4 is 5.95 Å². The van der Waals surface area contributed by atoms with E-state index in [0.29, 0.717) is 19.2 Å². The third kappa shape index (κ3) is 3.88. The highest BCUT2D eigenvalue weighted by Gasteiger charge is 1.96. The summed E-state index contributed by atoms with van der Waals surface area (Å²) < 4.78 is 7.28. The highest BCUT2D eigenvalue weighted by atomic mass is 16.5. The second-order valence-electron chi connectivity index (χ2n) is 3.76. The first-order valence-corrected chi connectivity index (χ1v) is 5.61. The Morgan fingerprint density at radius 2 is 2.06 bits per heavy atom. The number of aryl methyl sites for hydroxylation is 1. The molecule has 0 saturated carbocycles. The Morgan fingerprint density at radius 1 is 1.24 bits per heavy atom. The molecule has 0 bridgehead atoms. The monoisotopic (exact) mass is 232 g/mol. The van der Waals surface area contributed by atoms with Gasteiger partial charge >= 0.3 is 0 Å². The van der Waals surface area contributed by atoms with Gasteiger partial charge in [-0.2, -0.15) is 0 Å². The molecule has 0 aliphatic carbocycles. The molecule has 17 heavy (non-hydrogen) atoms. The number of hydrogen-bond donors (Lipinski definition) is 1. The maximum Gasteiger partial charge on any atom is 0.239 e. The first kappa shape index (κ1) is 11.6. The molecule has 1 aromatic heterocycles. The predicted molar refractivity (Wildman–Crippen MR) is 65.1 cm³/mol. The van der Waals surface area contributed by atoms with Crippen LogP contribution in [0.3, 0.4) is 0 Å². The van der Waals surface area contributed by atoms with Crippen LogP contribution in [0.25, 0.3) is 0 Å². The third-order valence-electron chi connectivity index (χ3n) is 2.34. The number of nitrogens with two attached hydrogens (primary N) is 1. The zero-order chi connectivity index (χ0) is 11.9. The third-order valence-corrected chi connectivity index (χ3v) is 2.34. The molecule has 1 aromatic carbocycles. The van der Waals surface area contributed by atoms with Crippen molar-refractivity contribution in [1.82, 2.24) is 14.8 Å². The zero-order valence-electron chi connectivity index (χ0n) is 9.62. The van der Waals surface area contributed by atoms with Crippen LogP contribution in [0, 0.1) is 0 Å². The predicted octanol–water partition coefficient (Wildman–Crippen LogP) is 1.47. The molecule has 2 rings (SSSR count). The summed E-state index contributed by atoms with van der Waals surface area (Å²) in [7, 11) is 0. The molecule has 0 saturated heterocycles. The molecule has 1 heterocycles. The van der Waals surface area contributed by atoms with Crippen molar-refractivity contribution in [2.45, 2.75) is 19.6 Å². The van der Waals surface area contributed by atoms with Crippen molar-refractivity contribution in [1.29, 1.82) is 0 Å². The van der Waals surface area contributed by atoms with Crippen molar-refractivity contribution in [3.05, 3.63) is 42.2 Å². The molecule has 0 amide bonds. The Balaban J connectivity index is 1.61. The van der Waals surface area contributed by atoms with E-state index >= 15 is 0 Å². The normalized spacial score (nSPS) is 10.6. The van der Waals surface area contributed by atoms with Crippen LogP contribution in [0.2, 0.25) is 0 Å². The molecule has 0 atom stereocenters. The van der Waals surface area contributed by atoms with Gasteiger partial charge in [0.15, 0.2) is 0 Å². The Kier molecular flexibility index (Phi) is 4.10. The van der Waals surface area contributed by atoms with Crippen molar-refractivity contribution in [2.75, 3.05) is 12.3 Å². The largest absolute Gasteiger partial charge is 0.377 e. The van der Waals surface area contributed by atoms with Gasteiger partial charge in [0.2, 0.25) is 5.95 Å². The Labute approximate surface area is 100 Å². The summed E-state index contributed by atoms with van der Waals surface area (Å²) in [4.78, 5) is 3.85. The van der Waals surface area contributed by atoms with Crippen LogP contribution < -0.4 is 5.73 Å². The quantitative estimate of drug-likeness (QED) is 0.766. The van der Waals surface area contributed by atoms with Gasteiger partial charge in [-0.25, -0.2) is 4.98 Å². The van der Waals surface area contributed by atoms with Crippen LogP contribution in [-0.2, 0) is 17.9 Å². The summed E-state index contributed by atoms with van der Waals surface area (Å²) in [6.45, 7) is 2.13.